The lowest BCUT2D eigenvalue weighted by Crippen LogP contribution is -2.25. The molecule has 1 aromatic carbocycles. The second kappa shape index (κ2) is 9.60. The first kappa shape index (κ1) is 24.2. The fourth-order valence-corrected chi connectivity index (χ4v) is 5.12. The number of anilines is 3. The monoisotopic (exact) mass is 523 g/mol. The second-order valence-electron chi connectivity index (χ2n) is 9.58. The van der Waals surface area contributed by atoms with Gasteiger partial charge in [0.2, 0.25) is 0 Å². The van der Waals surface area contributed by atoms with Crippen LogP contribution in [0.4, 0.5) is 30.5 Å². The molecule has 12 heteroatoms. The molecule has 2 fully saturated rings. The Balaban J connectivity index is 1.24. The average molecular weight is 524 g/mol. The summed E-state index contributed by atoms with van der Waals surface area (Å²) >= 11 is 0. The van der Waals surface area contributed by atoms with Crippen LogP contribution in [0.25, 0.3) is 11.0 Å². The maximum Gasteiger partial charge on any atom is 0.257 e. The van der Waals surface area contributed by atoms with Crippen LogP contribution < -0.4 is 15.1 Å². The highest BCUT2D eigenvalue weighted by molar-refractivity contribution is 6.05. The van der Waals surface area contributed by atoms with Crippen molar-refractivity contribution in [2.24, 2.45) is 0 Å². The van der Waals surface area contributed by atoms with Crippen LogP contribution in [0.5, 0.6) is 0 Å². The Morgan fingerprint density at radius 1 is 1.11 bits per heavy atom. The lowest BCUT2D eigenvalue weighted by molar-refractivity contribution is 0.102. The maximum absolute atomic E-state index is 14.6. The predicted octanol–water partition coefficient (Wildman–Crippen LogP) is 3.74. The van der Waals surface area contributed by atoms with Gasteiger partial charge in [-0.05, 0) is 42.8 Å². The number of hydrogen-bond acceptors (Lipinski definition) is 7. The Labute approximate surface area is 215 Å². The van der Waals surface area contributed by atoms with Crippen molar-refractivity contribution in [1.82, 2.24) is 20.2 Å². The molecule has 2 aliphatic heterocycles. The van der Waals surface area contributed by atoms with Gasteiger partial charge in [0.15, 0.2) is 11.5 Å². The summed E-state index contributed by atoms with van der Waals surface area (Å²) in [5, 5.41) is 20.1. The van der Waals surface area contributed by atoms with Crippen molar-refractivity contribution in [3.8, 4) is 0 Å². The van der Waals surface area contributed by atoms with E-state index in [0.717, 1.165) is 18.2 Å². The molecule has 4 aromatic rings. The number of rotatable bonds is 5. The Kier molecular flexibility index (Phi) is 6.10. The minimum atomic E-state index is -1.26. The zero-order valence-corrected chi connectivity index (χ0v) is 20.1. The number of aliphatic hydroxyl groups is 1. The van der Waals surface area contributed by atoms with Crippen molar-refractivity contribution in [3.63, 3.8) is 0 Å². The number of fused-ring (bicyclic) bond motifs is 1. The van der Waals surface area contributed by atoms with E-state index in [1.165, 1.54) is 12.4 Å². The molecule has 3 N–H and O–H groups in total. The highest BCUT2D eigenvalue weighted by atomic mass is 19.1. The normalized spacial score (nSPS) is 21.4. The first-order valence-corrected chi connectivity index (χ1v) is 12.3. The fourth-order valence-electron chi connectivity index (χ4n) is 5.12. The number of β-amino-alcohol motifs (C(OH)–C–C–N with tert-alkyl or cyclic N) is 1. The Morgan fingerprint density at radius 3 is 2.74 bits per heavy atom. The number of halogens is 3. The summed E-state index contributed by atoms with van der Waals surface area (Å²) in [6, 6.07) is 7.41. The molecule has 38 heavy (non-hydrogen) atoms. The Hall–Kier alpha value is -4.19. The van der Waals surface area contributed by atoms with Gasteiger partial charge >= 0.3 is 0 Å². The van der Waals surface area contributed by atoms with Crippen molar-refractivity contribution < 1.29 is 23.1 Å². The molecule has 3 aromatic heterocycles. The number of aliphatic hydroxyl groups excluding tert-OH is 1. The van der Waals surface area contributed by atoms with Crippen LogP contribution in [0, 0.1) is 11.6 Å². The van der Waals surface area contributed by atoms with E-state index in [9.17, 15) is 23.1 Å². The van der Waals surface area contributed by atoms with Crippen LogP contribution in [0.15, 0.2) is 48.8 Å². The molecular formula is C26H24F3N7O2. The van der Waals surface area contributed by atoms with Crippen molar-refractivity contribution in [3.05, 3.63) is 71.6 Å². The summed E-state index contributed by atoms with van der Waals surface area (Å²) in [5.74, 6) is -0.618. The number of carbonyl (C=O) groups excluding carboxylic acids is 1. The number of pyridine rings is 2. The molecule has 0 bridgehead atoms. The van der Waals surface area contributed by atoms with E-state index in [1.807, 2.05) is 4.90 Å². The van der Waals surface area contributed by atoms with Gasteiger partial charge in [-0.25, -0.2) is 23.1 Å². The zero-order valence-electron chi connectivity index (χ0n) is 20.1. The standard InChI is InChI=1S/C26H24F3N7O2/c27-15-2-3-21(29)19(7-15)22-8-16(28)12-36(22)25-20-9-17(11-31-24(20)33-34-25)32-26(38)14-1-4-23(30-10-14)35-6-5-18(37)13-35/h1-4,7,9-11,16,18,22,37H,5-6,8,12-13H2,(H,32,38)(H,31,33,34)/t16-,18?,22+/m0/s1. The number of amides is 1. The third-order valence-electron chi connectivity index (χ3n) is 6.99. The molecule has 196 valence electrons. The van der Waals surface area contributed by atoms with Crippen molar-refractivity contribution in [2.45, 2.75) is 31.2 Å². The zero-order chi connectivity index (χ0) is 26.4. The van der Waals surface area contributed by atoms with Crippen molar-refractivity contribution in [1.29, 1.82) is 0 Å². The quantitative estimate of drug-likeness (QED) is 0.366. The average Bonchev–Trinajstić information content (AvgIpc) is 3.63. The molecule has 0 spiro atoms. The summed E-state index contributed by atoms with van der Waals surface area (Å²) in [6.07, 6.45) is 1.95. The Morgan fingerprint density at radius 2 is 1.97 bits per heavy atom. The third kappa shape index (κ3) is 4.51. The van der Waals surface area contributed by atoms with E-state index in [0.29, 0.717) is 53.4 Å². The van der Waals surface area contributed by atoms with Gasteiger partial charge in [0, 0.05) is 31.3 Å². The molecule has 5 heterocycles. The smallest absolute Gasteiger partial charge is 0.257 e. The molecule has 6 rings (SSSR count). The Bertz CT molecular complexity index is 1500. The molecule has 3 atom stereocenters. The second-order valence-corrected chi connectivity index (χ2v) is 9.58. The van der Waals surface area contributed by atoms with E-state index in [1.54, 1.807) is 23.1 Å². The van der Waals surface area contributed by atoms with E-state index >= 15 is 0 Å². The van der Waals surface area contributed by atoms with Gasteiger partial charge in [-0.3, -0.25) is 9.89 Å². The van der Waals surface area contributed by atoms with Crippen molar-refractivity contribution >= 4 is 34.3 Å². The van der Waals surface area contributed by atoms with E-state index in [-0.39, 0.29) is 24.6 Å². The van der Waals surface area contributed by atoms with Crippen molar-refractivity contribution in [2.75, 3.05) is 34.8 Å². The lowest BCUT2D eigenvalue weighted by atomic mass is 10.0. The van der Waals surface area contributed by atoms with E-state index < -0.39 is 29.8 Å². The number of nitrogens with one attached hydrogen (secondary N) is 2. The summed E-state index contributed by atoms with van der Waals surface area (Å²) in [7, 11) is 0. The van der Waals surface area contributed by atoms with Gasteiger partial charge in [0.1, 0.15) is 23.6 Å². The summed E-state index contributed by atoms with van der Waals surface area (Å²) in [5.41, 5.74) is 1.17. The highest BCUT2D eigenvalue weighted by Crippen LogP contribution is 2.40. The topological polar surface area (TPSA) is 110 Å². The van der Waals surface area contributed by atoms with Gasteiger partial charge in [-0.1, -0.05) is 0 Å². The third-order valence-corrected chi connectivity index (χ3v) is 6.99. The fraction of sp³-hybridized carbons (Fsp3) is 0.308. The molecular weight excluding hydrogens is 499 g/mol. The number of aromatic amines is 1. The van der Waals surface area contributed by atoms with E-state index in [4.69, 9.17) is 0 Å². The van der Waals surface area contributed by atoms with E-state index in [2.05, 4.69) is 25.5 Å². The minimum Gasteiger partial charge on any atom is -0.391 e. The first-order valence-electron chi connectivity index (χ1n) is 12.3. The molecule has 0 aliphatic carbocycles. The van der Waals surface area contributed by atoms with Crippen LogP contribution in [0.1, 0.15) is 34.8 Å². The first-order chi connectivity index (χ1) is 18.4. The number of carbonyl (C=O) groups is 1. The van der Waals surface area contributed by atoms with Crippen LogP contribution in [0.2, 0.25) is 0 Å². The summed E-state index contributed by atoms with van der Waals surface area (Å²) < 4.78 is 43.0. The molecule has 0 radical (unpaired) electrons. The van der Waals surface area contributed by atoms with Gasteiger partial charge in [0.25, 0.3) is 5.91 Å². The number of hydrogen-bond donors (Lipinski definition) is 3. The van der Waals surface area contributed by atoms with Gasteiger partial charge < -0.3 is 20.2 Å². The number of nitrogens with zero attached hydrogens (tertiary/aromatic N) is 5. The van der Waals surface area contributed by atoms with Gasteiger partial charge in [-0.2, -0.15) is 5.10 Å². The number of aromatic nitrogens is 4. The van der Waals surface area contributed by atoms with Crippen LogP contribution in [-0.2, 0) is 0 Å². The molecule has 0 saturated carbocycles. The number of benzene rings is 1. The minimum absolute atomic E-state index is 0.0159. The summed E-state index contributed by atoms with van der Waals surface area (Å²) in [4.78, 5) is 25.1. The number of H-pyrrole nitrogens is 1. The molecule has 2 aliphatic rings. The summed E-state index contributed by atoms with van der Waals surface area (Å²) in [6.45, 7) is 1.15. The molecule has 9 nitrogen and oxygen atoms in total. The highest BCUT2D eigenvalue weighted by Gasteiger charge is 2.37. The maximum atomic E-state index is 14.6. The van der Waals surface area contributed by atoms with Gasteiger partial charge in [-0.15, -0.1) is 0 Å². The molecule has 2 saturated heterocycles. The largest absolute Gasteiger partial charge is 0.391 e. The lowest BCUT2D eigenvalue weighted by Gasteiger charge is -2.25. The SMILES string of the molecule is O=C(Nc1cnc2[nH]nc(N3C[C@@H](F)C[C@@H]3c3cc(F)ccc3F)c2c1)c1ccc(N2CCC(O)C2)nc1. The van der Waals surface area contributed by atoms with Crippen LogP contribution in [0.3, 0.4) is 0 Å². The van der Waals surface area contributed by atoms with Crippen LogP contribution in [-0.4, -0.2) is 63.1 Å². The molecule has 1 unspecified atom stereocenters. The molecule has 1 amide bonds. The predicted molar refractivity (Wildman–Crippen MR) is 135 cm³/mol. The van der Waals surface area contributed by atoms with Gasteiger partial charge in [0.05, 0.1) is 41.5 Å². The van der Waals surface area contributed by atoms with Crippen LogP contribution >= 0.6 is 0 Å². The number of alkyl halides is 1.